The Morgan fingerprint density at radius 2 is 1.00 bits per heavy atom. The second-order valence-corrected chi connectivity index (χ2v) is 8.65. The maximum absolute atomic E-state index is 2.34. The molecule has 0 rings (SSSR count). The van der Waals surface area contributed by atoms with Crippen LogP contribution in [0.3, 0.4) is 0 Å². The van der Waals surface area contributed by atoms with E-state index in [0.717, 1.165) is 8.34 Å². The van der Waals surface area contributed by atoms with Gasteiger partial charge in [0.1, 0.15) is 0 Å². The van der Waals surface area contributed by atoms with E-state index in [1.54, 1.807) is 0 Å². The van der Waals surface area contributed by atoms with Crippen LogP contribution in [0.2, 0.25) is 0 Å². The third-order valence-electron chi connectivity index (χ3n) is 2.07. The van der Waals surface area contributed by atoms with Gasteiger partial charge in [-0.15, -0.1) is 0 Å². The van der Waals surface area contributed by atoms with Crippen molar-refractivity contribution in [3.8, 4) is 0 Å². The summed E-state index contributed by atoms with van der Waals surface area (Å²) in [7, 11) is 15.6. The molecule has 0 fully saturated rings. The van der Waals surface area contributed by atoms with Crippen LogP contribution in [-0.4, -0.2) is 65.3 Å². The Morgan fingerprint density at radius 3 is 1.18 bits per heavy atom. The molecule has 0 N–H and O–H groups in total. The fraction of sp³-hybridized carbons (Fsp3) is 1.00. The summed E-state index contributed by atoms with van der Waals surface area (Å²) < 4.78 is 2.55. The van der Waals surface area contributed by atoms with Crippen molar-refractivity contribution in [3.63, 3.8) is 0 Å². The summed E-state index contributed by atoms with van der Waals surface area (Å²) in [6.07, 6.45) is 0. The van der Waals surface area contributed by atoms with E-state index in [2.05, 4.69) is 42.3 Å². The first kappa shape index (κ1) is 11.5. The molecule has 0 aromatic heterocycles. The van der Waals surface area contributed by atoms with Gasteiger partial charge in [0.25, 0.3) is 14.3 Å². The zero-order chi connectivity index (χ0) is 9.12. The largest absolute Gasteiger partial charge is 0.495 e. The van der Waals surface area contributed by atoms with Crippen LogP contribution >= 0.6 is 8.34 Å². The highest BCUT2D eigenvalue weighted by atomic mass is 31.1. The summed E-state index contributed by atoms with van der Waals surface area (Å²) in [5.41, 5.74) is 0. The van der Waals surface area contributed by atoms with Gasteiger partial charge in [-0.05, 0) is 0 Å². The van der Waals surface area contributed by atoms with Crippen molar-refractivity contribution < 1.29 is 8.79 Å². The van der Waals surface area contributed by atoms with Crippen molar-refractivity contribution in [3.05, 3.63) is 0 Å². The molecule has 0 aromatic carbocycles. The molecule has 0 aliphatic rings. The van der Waals surface area contributed by atoms with Crippen molar-refractivity contribution >= 4 is 22.6 Å². The van der Waals surface area contributed by atoms with Crippen molar-refractivity contribution in [1.29, 1.82) is 0 Å². The standard InChI is InChI=1S/C6H24B2N2P/c1-9(2,3)7-11-8-10(4,5)6/h7-8,11H2,1-6H3/q+1. The number of hydrogen-bond acceptors (Lipinski definition) is 0. The van der Waals surface area contributed by atoms with Crippen LogP contribution in [0.5, 0.6) is 0 Å². The summed E-state index contributed by atoms with van der Waals surface area (Å²) in [5, 5.41) is 0. The van der Waals surface area contributed by atoms with E-state index < -0.39 is 0 Å². The SMILES string of the molecule is C[N+](C)(C)[BH2-][PH2+][BH2-][N+](C)(C)C. The first-order valence-electron chi connectivity index (χ1n) is 4.73. The predicted molar refractivity (Wildman–Crippen MR) is 62.9 cm³/mol. The lowest BCUT2D eigenvalue weighted by atomic mass is 10.2. The third-order valence-corrected chi connectivity index (χ3v) is 6.20. The van der Waals surface area contributed by atoms with Crippen LogP contribution in [0.25, 0.3) is 0 Å². The molecule has 0 spiro atoms. The quantitative estimate of drug-likeness (QED) is 0.374. The molecule has 68 valence electrons. The zero-order valence-electron chi connectivity index (χ0n) is 9.47. The smallest absolute Gasteiger partial charge is 0.297 e. The molecule has 0 saturated carbocycles. The Morgan fingerprint density at radius 1 is 0.727 bits per heavy atom. The van der Waals surface area contributed by atoms with E-state index in [-0.39, 0.29) is 0 Å². The van der Waals surface area contributed by atoms with Crippen LogP contribution in [0.15, 0.2) is 0 Å². The van der Waals surface area contributed by atoms with E-state index in [4.69, 9.17) is 0 Å². The molecular formula is C6H24B2N2P+. The maximum atomic E-state index is 2.34. The van der Waals surface area contributed by atoms with Gasteiger partial charge in [0, 0.05) is 42.3 Å². The molecular weight excluding hydrogens is 153 g/mol. The molecule has 5 heteroatoms. The van der Waals surface area contributed by atoms with Crippen molar-refractivity contribution in [2.24, 2.45) is 0 Å². The lowest BCUT2D eigenvalue weighted by molar-refractivity contribution is -0.754. The van der Waals surface area contributed by atoms with Gasteiger partial charge >= 0.3 is 0 Å². The molecule has 0 unspecified atom stereocenters. The molecule has 0 saturated heterocycles. The summed E-state index contributed by atoms with van der Waals surface area (Å²) in [6.45, 7) is 0. The molecule has 0 aromatic rings. The molecule has 0 amide bonds. The minimum absolute atomic E-state index is 0.349. The first-order chi connectivity index (χ1) is 4.71. The van der Waals surface area contributed by atoms with Gasteiger partial charge in [-0.1, -0.05) is 0 Å². The molecule has 0 atom stereocenters. The Balaban J connectivity index is 3.44. The van der Waals surface area contributed by atoms with E-state index >= 15 is 0 Å². The molecule has 11 heavy (non-hydrogen) atoms. The average Bonchev–Trinajstić information content (AvgIpc) is 1.55. The summed E-state index contributed by atoms with van der Waals surface area (Å²) >= 11 is 0. The normalized spacial score (nSPS) is 13.6. The van der Waals surface area contributed by atoms with Crippen LogP contribution < -0.4 is 0 Å². The lowest BCUT2D eigenvalue weighted by Gasteiger charge is -2.34. The summed E-state index contributed by atoms with van der Waals surface area (Å²) in [4.78, 5) is 0. The Bertz CT molecular complexity index is 103. The fourth-order valence-electron chi connectivity index (χ4n) is 1.66. The van der Waals surface area contributed by atoms with E-state index in [0.29, 0.717) is 14.3 Å². The van der Waals surface area contributed by atoms with E-state index in [1.165, 1.54) is 8.79 Å². The lowest BCUT2D eigenvalue weighted by Crippen LogP contribution is -2.41. The number of hydrogen-bond donors (Lipinski definition) is 0. The third kappa shape index (κ3) is 10.5. The Labute approximate surface area is 74.4 Å². The molecule has 0 aliphatic heterocycles. The summed E-state index contributed by atoms with van der Waals surface area (Å²) in [6, 6.07) is 0. The van der Waals surface area contributed by atoms with Crippen molar-refractivity contribution in [2.45, 2.75) is 0 Å². The molecule has 2 nitrogen and oxygen atoms in total. The monoisotopic (exact) mass is 177 g/mol. The van der Waals surface area contributed by atoms with Gasteiger partial charge in [-0.3, -0.25) is 0 Å². The fourth-order valence-corrected chi connectivity index (χ4v) is 4.99. The Kier molecular flexibility index (Phi) is 4.10. The van der Waals surface area contributed by atoms with Crippen LogP contribution in [0.1, 0.15) is 0 Å². The maximum Gasteiger partial charge on any atom is 0.297 e. The highest BCUT2D eigenvalue weighted by Crippen LogP contribution is 2.11. The van der Waals surface area contributed by atoms with Crippen LogP contribution in [0.4, 0.5) is 0 Å². The number of quaternary nitrogens is 2. The second kappa shape index (κ2) is 3.93. The van der Waals surface area contributed by atoms with Crippen LogP contribution in [-0.2, 0) is 0 Å². The van der Waals surface area contributed by atoms with Gasteiger partial charge in [0.05, 0.1) is 0 Å². The molecule has 0 bridgehead atoms. The topological polar surface area (TPSA) is 0 Å². The van der Waals surface area contributed by atoms with Crippen molar-refractivity contribution in [1.82, 2.24) is 0 Å². The number of rotatable bonds is 4. The average molecular weight is 177 g/mol. The van der Waals surface area contributed by atoms with Gasteiger partial charge in [0.2, 0.25) is 0 Å². The Hall–Kier alpha value is 0.480. The molecule has 0 aliphatic carbocycles. The van der Waals surface area contributed by atoms with Gasteiger partial charge < -0.3 is 8.79 Å². The predicted octanol–water partition coefficient (Wildman–Crippen LogP) is -1.19. The van der Waals surface area contributed by atoms with Gasteiger partial charge in [-0.25, -0.2) is 8.34 Å². The highest BCUT2D eigenvalue weighted by molar-refractivity contribution is 7.91. The van der Waals surface area contributed by atoms with E-state index in [9.17, 15) is 0 Å². The first-order valence-corrected chi connectivity index (χ1v) is 7.04. The van der Waals surface area contributed by atoms with Crippen LogP contribution in [0, 0.1) is 0 Å². The molecule has 0 radical (unpaired) electrons. The van der Waals surface area contributed by atoms with Gasteiger partial charge in [0.15, 0.2) is 0 Å². The van der Waals surface area contributed by atoms with E-state index in [1.807, 2.05) is 0 Å². The van der Waals surface area contributed by atoms with Crippen molar-refractivity contribution in [2.75, 3.05) is 42.3 Å². The zero-order valence-corrected chi connectivity index (χ0v) is 10.6. The van der Waals surface area contributed by atoms with Gasteiger partial charge in [-0.2, -0.15) is 0 Å². The highest BCUT2D eigenvalue weighted by Gasteiger charge is 2.08. The number of nitrogens with zero attached hydrogens (tertiary/aromatic N) is 2. The second-order valence-electron chi connectivity index (χ2n) is 6.46. The molecule has 0 heterocycles. The minimum Gasteiger partial charge on any atom is -0.495 e. The minimum atomic E-state index is 0.349. The summed E-state index contributed by atoms with van der Waals surface area (Å²) in [5.74, 6) is 0.